The van der Waals surface area contributed by atoms with Gasteiger partial charge in [0.05, 0.1) is 22.8 Å². The number of aromatic nitrogens is 2. The first kappa shape index (κ1) is 16.9. The third-order valence-electron chi connectivity index (χ3n) is 4.93. The van der Waals surface area contributed by atoms with Crippen LogP contribution in [0.25, 0.3) is 11.0 Å². The molecule has 6 heteroatoms. The molecule has 0 aliphatic carbocycles. The Labute approximate surface area is 156 Å². The second-order valence-electron chi connectivity index (χ2n) is 6.57. The predicted octanol–water partition coefficient (Wildman–Crippen LogP) is 3.41. The second-order valence-corrected chi connectivity index (χ2v) is 7.01. The van der Waals surface area contributed by atoms with Gasteiger partial charge in [-0.25, -0.2) is 4.98 Å². The number of nitrogens with zero attached hydrogens (tertiary/aromatic N) is 3. The maximum Gasteiger partial charge on any atom is 0.274 e. The first-order valence-corrected chi connectivity index (χ1v) is 8.92. The summed E-state index contributed by atoms with van der Waals surface area (Å²) in [6, 6.07) is 14.7. The minimum Gasteiger partial charge on any atom is -0.385 e. The number of rotatable bonds is 2. The van der Waals surface area contributed by atoms with Crippen LogP contribution in [0.4, 0.5) is 0 Å². The summed E-state index contributed by atoms with van der Waals surface area (Å²) in [7, 11) is 0. The van der Waals surface area contributed by atoms with Gasteiger partial charge in [0.1, 0.15) is 5.69 Å². The Morgan fingerprint density at radius 1 is 1.04 bits per heavy atom. The van der Waals surface area contributed by atoms with Crippen LogP contribution in [0.5, 0.6) is 0 Å². The van der Waals surface area contributed by atoms with Gasteiger partial charge in [0.2, 0.25) is 0 Å². The number of amides is 1. The molecule has 0 bridgehead atoms. The highest BCUT2D eigenvalue weighted by atomic mass is 35.5. The van der Waals surface area contributed by atoms with Gasteiger partial charge in [-0.3, -0.25) is 9.78 Å². The van der Waals surface area contributed by atoms with E-state index in [4.69, 9.17) is 11.6 Å². The van der Waals surface area contributed by atoms with E-state index in [-0.39, 0.29) is 5.91 Å². The number of piperidine rings is 1. The topological polar surface area (TPSA) is 66.3 Å². The lowest BCUT2D eigenvalue weighted by Crippen LogP contribution is -2.45. The number of fused-ring (bicyclic) bond motifs is 1. The highest BCUT2D eigenvalue weighted by Crippen LogP contribution is 2.33. The minimum atomic E-state index is -0.934. The van der Waals surface area contributed by atoms with E-state index in [2.05, 4.69) is 9.97 Å². The maximum atomic E-state index is 12.8. The average molecular weight is 368 g/mol. The van der Waals surface area contributed by atoms with Crippen LogP contribution >= 0.6 is 11.6 Å². The first-order chi connectivity index (χ1) is 12.5. The van der Waals surface area contributed by atoms with Gasteiger partial charge in [0.15, 0.2) is 0 Å². The van der Waals surface area contributed by atoms with Gasteiger partial charge in [-0.15, -0.1) is 0 Å². The Balaban J connectivity index is 1.49. The number of carbonyl (C=O) groups excluding carboxylic acids is 1. The van der Waals surface area contributed by atoms with Crippen molar-refractivity contribution in [2.24, 2.45) is 0 Å². The van der Waals surface area contributed by atoms with E-state index in [0.29, 0.717) is 42.2 Å². The van der Waals surface area contributed by atoms with Crippen LogP contribution in [-0.4, -0.2) is 39.0 Å². The highest BCUT2D eigenvalue weighted by molar-refractivity contribution is 6.30. The number of para-hydroxylation sites is 2. The van der Waals surface area contributed by atoms with Crippen LogP contribution in [0, 0.1) is 0 Å². The number of hydrogen-bond acceptors (Lipinski definition) is 4. The molecule has 26 heavy (non-hydrogen) atoms. The Hall–Kier alpha value is -2.50. The molecular formula is C20H18ClN3O2. The highest BCUT2D eigenvalue weighted by Gasteiger charge is 2.35. The van der Waals surface area contributed by atoms with Gasteiger partial charge in [-0.05, 0) is 42.7 Å². The van der Waals surface area contributed by atoms with Crippen molar-refractivity contribution in [1.29, 1.82) is 0 Å². The Morgan fingerprint density at radius 3 is 2.38 bits per heavy atom. The molecule has 2 heterocycles. The van der Waals surface area contributed by atoms with Crippen molar-refractivity contribution < 1.29 is 9.90 Å². The first-order valence-electron chi connectivity index (χ1n) is 8.55. The lowest BCUT2D eigenvalue weighted by atomic mass is 9.84. The molecule has 1 saturated heterocycles. The van der Waals surface area contributed by atoms with Crippen LogP contribution in [0.15, 0.2) is 54.7 Å². The molecule has 2 aromatic carbocycles. The number of halogens is 1. The van der Waals surface area contributed by atoms with Crippen molar-refractivity contribution in [3.05, 3.63) is 71.0 Å². The van der Waals surface area contributed by atoms with Crippen molar-refractivity contribution in [3.8, 4) is 0 Å². The fourth-order valence-electron chi connectivity index (χ4n) is 3.35. The van der Waals surface area contributed by atoms with Gasteiger partial charge in [0.25, 0.3) is 5.91 Å². The summed E-state index contributed by atoms with van der Waals surface area (Å²) in [6.45, 7) is 0.929. The van der Waals surface area contributed by atoms with E-state index in [1.807, 2.05) is 36.4 Å². The lowest BCUT2D eigenvalue weighted by molar-refractivity contribution is -0.0212. The largest absolute Gasteiger partial charge is 0.385 e. The van der Waals surface area contributed by atoms with Gasteiger partial charge >= 0.3 is 0 Å². The third-order valence-corrected chi connectivity index (χ3v) is 5.18. The predicted molar refractivity (Wildman–Crippen MR) is 100 cm³/mol. The molecule has 3 aromatic rings. The monoisotopic (exact) mass is 367 g/mol. The lowest BCUT2D eigenvalue weighted by Gasteiger charge is -2.38. The molecule has 4 rings (SSSR count). The van der Waals surface area contributed by atoms with E-state index in [9.17, 15) is 9.90 Å². The maximum absolute atomic E-state index is 12.8. The van der Waals surface area contributed by atoms with Crippen molar-refractivity contribution in [2.45, 2.75) is 18.4 Å². The van der Waals surface area contributed by atoms with E-state index in [0.717, 1.165) is 11.1 Å². The molecule has 0 spiro atoms. The third kappa shape index (κ3) is 3.16. The number of carbonyl (C=O) groups is 1. The number of aliphatic hydroxyl groups is 1. The summed E-state index contributed by atoms with van der Waals surface area (Å²) >= 11 is 5.92. The quantitative estimate of drug-likeness (QED) is 0.753. The van der Waals surface area contributed by atoms with Gasteiger partial charge < -0.3 is 10.0 Å². The van der Waals surface area contributed by atoms with Crippen LogP contribution in [0.3, 0.4) is 0 Å². The molecule has 1 aliphatic rings. The normalized spacial score (nSPS) is 16.6. The standard InChI is InChI=1S/C20H18ClN3O2/c21-15-7-5-14(6-8-15)20(26)9-11-24(12-10-20)19(25)18-13-22-16-3-1-2-4-17(16)23-18/h1-8,13,26H,9-12H2. The van der Waals surface area contributed by atoms with Crippen LogP contribution in [0.2, 0.25) is 5.02 Å². The molecule has 1 amide bonds. The minimum absolute atomic E-state index is 0.151. The van der Waals surface area contributed by atoms with Crippen LogP contribution < -0.4 is 0 Å². The van der Waals surface area contributed by atoms with Crippen molar-refractivity contribution in [1.82, 2.24) is 14.9 Å². The fourth-order valence-corrected chi connectivity index (χ4v) is 3.48. The summed E-state index contributed by atoms with van der Waals surface area (Å²) in [5.41, 5.74) is 1.70. The van der Waals surface area contributed by atoms with E-state index >= 15 is 0 Å². The molecule has 1 fully saturated rings. The summed E-state index contributed by atoms with van der Waals surface area (Å²) in [5.74, 6) is -0.151. The Bertz CT molecular complexity index is 951. The van der Waals surface area contributed by atoms with Gasteiger partial charge in [-0.2, -0.15) is 0 Å². The van der Waals surface area contributed by atoms with Crippen LogP contribution in [0.1, 0.15) is 28.9 Å². The summed E-state index contributed by atoms with van der Waals surface area (Å²) in [6.07, 6.45) is 2.47. The SMILES string of the molecule is O=C(c1cnc2ccccc2n1)N1CCC(O)(c2ccc(Cl)cc2)CC1. The smallest absolute Gasteiger partial charge is 0.274 e. The van der Waals surface area contributed by atoms with E-state index in [1.54, 1.807) is 17.0 Å². The molecule has 1 aliphatic heterocycles. The second kappa shape index (κ2) is 6.67. The molecule has 1 N–H and O–H groups in total. The van der Waals surface area contributed by atoms with Crippen molar-refractivity contribution >= 4 is 28.5 Å². The summed E-state index contributed by atoms with van der Waals surface area (Å²) < 4.78 is 0. The zero-order valence-corrected chi connectivity index (χ0v) is 14.9. The summed E-state index contributed by atoms with van der Waals surface area (Å²) in [5, 5.41) is 11.6. The number of benzene rings is 2. The Kier molecular flexibility index (Phi) is 4.34. The summed E-state index contributed by atoms with van der Waals surface area (Å²) in [4.78, 5) is 23.2. The molecule has 1 aromatic heterocycles. The van der Waals surface area contributed by atoms with E-state index in [1.165, 1.54) is 6.20 Å². The number of likely N-dealkylation sites (tertiary alicyclic amines) is 1. The molecular weight excluding hydrogens is 350 g/mol. The number of hydrogen-bond donors (Lipinski definition) is 1. The van der Waals surface area contributed by atoms with Gasteiger partial charge in [0, 0.05) is 18.1 Å². The Morgan fingerprint density at radius 2 is 1.69 bits per heavy atom. The molecule has 0 radical (unpaired) electrons. The van der Waals surface area contributed by atoms with E-state index < -0.39 is 5.60 Å². The van der Waals surface area contributed by atoms with Crippen molar-refractivity contribution in [2.75, 3.05) is 13.1 Å². The van der Waals surface area contributed by atoms with Crippen LogP contribution in [-0.2, 0) is 5.60 Å². The fraction of sp³-hybridized carbons (Fsp3) is 0.250. The van der Waals surface area contributed by atoms with Gasteiger partial charge in [-0.1, -0.05) is 35.9 Å². The molecule has 0 unspecified atom stereocenters. The molecule has 0 atom stereocenters. The molecule has 0 saturated carbocycles. The van der Waals surface area contributed by atoms with Crippen molar-refractivity contribution in [3.63, 3.8) is 0 Å². The molecule has 132 valence electrons. The zero-order chi connectivity index (χ0) is 18.1. The molecule has 5 nitrogen and oxygen atoms in total. The zero-order valence-electron chi connectivity index (χ0n) is 14.1. The average Bonchev–Trinajstić information content (AvgIpc) is 2.68.